The first-order valence-electron chi connectivity index (χ1n) is 9.04. The van der Waals surface area contributed by atoms with E-state index in [9.17, 15) is 0 Å². The number of hydrogen-bond acceptors (Lipinski definition) is 5. The van der Waals surface area contributed by atoms with E-state index in [1.165, 1.54) is 5.56 Å². The van der Waals surface area contributed by atoms with Crippen LogP contribution in [0.1, 0.15) is 5.56 Å². The molecule has 0 bridgehead atoms. The lowest BCUT2D eigenvalue weighted by molar-refractivity contribution is 0.356. The van der Waals surface area contributed by atoms with Gasteiger partial charge in [-0.05, 0) is 17.7 Å². The number of aromatic nitrogens is 2. The Balaban J connectivity index is 1.78. The van der Waals surface area contributed by atoms with Crippen LogP contribution in [-0.2, 0) is 6.54 Å². The second kappa shape index (κ2) is 7.96. The first kappa shape index (κ1) is 17.8. The number of fused-ring (bicyclic) bond motifs is 1. The third-order valence-corrected chi connectivity index (χ3v) is 4.65. The second-order valence-corrected chi connectivity index (χ2v) is 6.33. The number of rotatable bonds is 6. The van der Waals surface area contributed by atoms with Crippen LogP contribution in [0, 0.1) is 0 Å². The Bertz CT molecular complexity index is 1100. The van der Waals surface area contributed by atoms with Crippen LogP contribution in [0.5, 0.6) is 11.5 Å². The number of ether oxygens (including phenoxy) is 2. The normalized spacial score (nSPS) is 10.6. The van der Waals surface area contributed by atoms with Crippen molar-refractivity contribution in [2.45, 2.75) is 6.54 Å². The zero-order valence-electron chi connectivity index (χ0n) is 15.8. The number of anilines is 1. The van der Waals surface area contributed by atoms with Crippen LogP contribution in [0.15, 0.2) is 73.1 Å². The van der Waals surface area contributed by atoms with E-state index in [4.69, 9.17) is 9.47 Å². The Labute approximate surface area is 164 Å². The summed E-state index contributed by atoms with van der Waals surface area (Å²) < 4.78 is 10.9. The van der Waals surface area contributed by atoms with Gasteiger partial charge in [0.2, 0.25) is 0 Å². The molecule has 5 nitrogen and oxygen atoms in total. The highest BCUT2D eigenvalue weighted by atomic mass is 16.5. The van der Waals surface area contributed by atoms with Crippen LogP contribution in [-0.4, -0.2) is 24.2 Å². The first-order chi connectivity index (χ1) is 13.8. The predicted molar refractivity (Wildman–Crippen MR) is 112 cm³/mol. The smallest absolute Gasteiger partial charge is 0.162 e. The maximum atomic E-state index is 5.47. The molecule has 1 heterocycles. The molecule has 0 unspecified atom stereocenters. The molecule has 0 saturated heterocycles. The Kier molecular flexibility index (Phi) is 5.06. The van der Waals surface area contributed by atoms with E-state index in [1.54, 1.807) is 20.5 Å². The number of methoxy groups -OCH3 is 2. The minimum Gasteiger partial charge on any atom is -0.493 e. The van der Waals surface area contributed by atoms with Crippen molar-refractivity contribution in [3.63, 3.8) is 0 Å². The third kappa shape index (κ3) is 3.47. The number of nitrogens with zero attached hydrogens (tertiary/aromatic N) is 2. The Morgan fingerprint density at radius 3 is 2.32 bits per heavy atom. The van der Waals surface area contributed by atoms with Crippen molar-refractivity contribution in [2.75, 3.05) is 19.5 Å². The summed E-state index contributed by atoms with van der Waals surface area (Å²) in [5.74, 6) is 1.30. The Morgan fingerprint density at radius 2 is 1.54 bits per heavy atom. The van der Waals surface area contributed by atoms with Crippen LogP contribution in [0.25, 0.3) is 22.2 Å². The highest BCUT2D eigenvalue weighted by Gasteiger charge is 2.14. The lowest BCUT2D eigenvalue weighted by atomic mass is 10.0. The minimum absolute atomic E-state index is 0.648. The quantitative estimate of drug-likeness (QED) is 0.521. The molecule has 0 aliphatic carbocycles. The number of benzene rings is 3. The summed E-state index contributed by atoms with van der Waals surface area (Å²) >= 11 is 0. The van der Waals surface area contributed by atoms with E-state index < -0.39 is 0 Å². The average molecular weight is 371 g/mol. The molecular weight excluding hydrogens is 350 g/mol. The molecule has 0 aliphatic rings. The van der Waals surface area contributed by atoms with Crippen molar-refractivity contribution in [3.05, 3.63) is 78.6 Å². The van der Waals surface area contributed by atoms with Gasteiger partial charge in [0.15, 0.2) is 11.5 Å². The fourth-order valence-electron chi connectivity index (χ4n) is 3.23. The molecule has 4 aromatic rings. The van der Waals surface area contributed by atoms with Gasteiger partial charge in [-0.15, -0.1) is 0 Å². The van der Waals surface area contributed by atoms with Gasteiger partial charge in [-0.25, -0.2) is 9.97 Å². The molecule has 5 heteroatoms. The number of para-hydroxylation sites is 1. The zero-order chi connectivity index (χ0) is 19.3. The first-order valence-corrected chi connectivity index (χ1v) is 9.04. The standard InChI is InChI=1S/C23H21N3O2/c1-27-21-12-18-20(13-22(21)28-2)25-15-26-23(18)17-10-6-7-11-19(17)24-14-16-8-4-3-5-9-16/h3-13,15,24H,14H2,1-2H3. The molecule has 28 heavy (non-hydrogen) atoms. The Morgan fingerprint density at radius 1 is 0.821 bits per heavy atom. The van der Waals surface area contributed by atoms with Crippen LogP contribution in [0.2, 0.25) is 0 Å². The van der Waals surface area contributed by atoms with Gasteiger partial charge in [-0.2, -0.15) is 0 Å². The summed E-state index contributed by atoms with van der Waals surface area (Å²) in [5.41, 5.74) is 4.90. The summed E-state index contributed by atoms with van der Waals surface area (Å²) in [7, 11) is 3.25. The largest absolute Gasteiger partial charge is 0.493 e. The van der Waals surface area contributed by atoms with Crippen molar-refractivity contribution < 1.29 is 9.47 Å². The molecule has 3 aromatic carbocycles. The summed E-state index contributed by atoms with van der Waals surface area (Å²) in [6.07, 6.45) is 1.58. The van der Waals surface area contributed by atoms with E-state index in [2.05, 4.69) is 39.6 Å². The van der Waals surface area contributed by atoms with E-state index >= 15 is 0 Å². The minimum atomic E-state index is 0.648. The molecule has 0 atom stereocenters. The second-order valence-electron chi connectivity index (χ2n) is 6.33. The highest BCUT2D eigenvalue weighted by molar-refractivity contribution is 5.97. The fourth-order valence-corrected chi connectivity index (χ4v) is 3.23. The van der Waals surface area contributed by atoms with Gasteiger partial charge < -0.3 is 14.8 Å². The van der Waals surface area contributed by atoms with Gasteiger partial charge >= 0.3 is 0 Å². The van der Waals surface area contributed by atoms with Crippen LogP contribution >= 0.6 is 0 Å². The van der Waals surface area contributed by atoms with E-state index in [-0.39, 0.29) is 0 Å². The summed E-state index contributed by atoms with van der Waals surface area (Å²) in [6, 6.07) is 22.3. The SMILES string of the molecule is COc1cc2ncnc(-c3ccccc3NCc3ccccc3)c2cc1OC. The van der Waals surface area contributed by atoms with Crippen molar-refractivity contribution in [1.82, 2.24) is 9.97 Å². The van der Waals surface area contributed by atoms with Crippen molar-refractivity contribution >= 4 is 16.6 Å². The monoisotopic (exact) mass is 371 g/mol. The molecule has 0 fully saturated rings. The maximum absolute atomic E-state index is 5.47. The van der Waals surface area contributed by atoms with E-state index in [0.717, 1.165) is 34.4 Å². The molecule has 4 rings (SSSR count). The zero-order valence-corrected chi connectivity index (χ0v) is 15.8. The lowest BCUT2D eigenvalue weighted by Gasteiger charge is -2.14. The molecule has 0 radical (unpaired) electrons. The topological polar surface area (TPSA) is 56.3 Å². The van der Waals surface area contributed by atoms with Crippen molar-refractivity contribution in [3.8, 4) is 22.8 Å². The van der Waals surface area contributed by atoms with Crippen LogP contribution in [0.4, 0.5) is 5.69 Å². The predicted octanol–water partition coefficient (Wildman–Crippen LogP) is 4.93. The maximum Gasteiger partial charge on any atom is 0.162 e. The van der Waals surface area contributed by atoms with Crippen LogP contribution in [0.3, 0.4) is 0 Å². The molecule has 0 saturated carbocycles. The fraction of sp³-hybridized carbons (Fsp3) is 0.130. The van der Waals surface area contributed by atoms with Gasteiger partial charge in [-0.1, -0.05) is 48.5 Å². The molecule has 1 N–H and O–H groups in total. The number of nitrogens with one attached hydrogen (secondary N) is 1. The molecular formula is C23H21N3O2. The van der Waals surface area contributed by atoms with Gasteiger partial charge in [0.25, 0.3) is 0 Å². The Hall–Kier alpha value is -3.60. The van der Waals surface area contributed by atoms with E-state index in [1.807, 2.05) is 42.5 Å². The third-order valence-electron chi connectivity index (χ3n) is 4.65. The lowest BCUT2D eigenvalue weighted by Crippen LogP contribution is -2.02. The van der Waals surface area contributed by atoms with Gasteiger partial charge in [0.05, 0.1) is 25.4 Å². The molecule has 1 aromatic heterocycles. The molecule has 0 amide bonds. The summed E-state index contributed by atoms with van der Waals surface area (Å²) in [4.78, 5) is 8.98. The molecule has 140 valence electrons. The molecule has 0 spiro atoms. The van der Waals surface area contributed by atoms with Gasteiger partial charge in [0, 0.05) is 29.2 Å². The summed E-state index contributed by atoms with van der Waals surface area (Å²) in [5, 5.41) is 4.44. The van der Waals surface area contributed by atoms with Crippen molar-refractivity contribution in [1.29, 1.82) is 0 Å². The number of hydrogen-bond donors (Lipinski definition) is 1. The van der Waals surface area contributed by atoms with Gasteiger partial charge in [-0.3, -0.25) is 0 Å². The molecule has 0 aliphatic heterocycles. The van der Waals surface area contributed by atoms with Crippen LogP contribution < -0.4 is 14.8 Å². The highest BCUT2D eigenvalue weighted by Crippen LogP contribution is 2.37. The van der Waals surface area contributed by atoms with E-state index in [0.29, 0.717) is 11.5 Å². The average Bonchev–Trinajstić information content (AvgIpc) is 2.77. The van der Waals surface area contributed by atoms with Gasteiger partial charge in [0.1, 0.15) is 6.33 Å². The summed E-state index contributed by atoms with van der Waals surface area (Å²) in [6.45, 7) is 0.734. The van der Waals surface area contributed by atoms with Crippen molar-refractivity contribution in [2.24, 2.45) is 0 Å².